The first kappa shape index (κ1) is 26.2. The van der Waals surface area contributed by atoms with Gasteiger partial charge in [-0.2, -0.15) is 0 Å². The van der Waals surface area contributed by atoms with Crippen LogP contribution in [0.3, 0.4) is 0 Å². The summed E-state index contributed by atoms with van der Waals surface area (Å²) in [5.41, 5.74) is 4.51. The smallest absolute Gasteiger partial charge is 0.407 e. The van der Waals surface area contributed by atoms with E-state index in [-0.39, 0.29) is 24.9 Å². The van der Waals surface area contributed by atoms with E-state index in [1.165, 1.54) is 4.90 Å². The molecule has 2 atom stereocenters. The van der Waals surface area contributed by atoms with E-state index in [4.69, 9.17) is 9.84 Å². The van der Waals surface area contributed by atoms with Crippen molar-refractivity contribution in [3.05, 3.63) is 59.7 Å². The minimum Gasteiger partial charge on any atom is -0.481 e. The number of nitrogens with one attached hydrogen (secondary N) is 1. The maximum absolute atomic E-state index is 13.3. The van der Waals surface area contributed by atoms with Crippen LogP contribution in [0.25, 0.3) is 11.1 Å². The van der Waals surface area contributed by atoms with E-state index in [0.717, 1.165) is 22.3 Å². The van der Waals surface area contributed by atoms with Gasteiger partial charge in [-0.15, -0.1) is 0 Å². The fourth-order valence-electron chi connectivity index (χ4n) is 4.67. The highest BCUT2D eigenvalue weighted by atomic mass is 16.5. The molecule has 2 unspecified atom stereocenters. The summed E-state index contributed by atoms with van der Waals surface area (Å²) in [6, 6.07) is 14.9. The van der Waals surface area contributed by atoms with Gasteiger partial charge in [-0.05, 0) is 63.2 Å². The van der Waals surface area contributed by atoms with Crippen molar-refractivity contribution < 1.29 is 24.2 Å². The molecule has 8 heteroatoms. The number of hydrogen-bond donors (Lipinski definition) is 2. The van der Waals surface area contributed by atoms with Crippen LogP contribution in [0.5, 0.6) is 0 Å². The first-order valence-corrected chi connectivity index (χ1v) is 12.0. The molecule has 8 nitrogen and oxygen atoms in total. The molecule has 188 valence electrons. The number of alkyl carbamates (subject to hydrolysis) is 1. The molecule has 35 heavy (non-hydrogen) atoms. The average molecular weight is 482 g/mol. The molecule has 0 bridgehead atoms. The molecule has 0 saturated carbocycles. The second-order valence-corrected chi connectivity index (χ2v) is 9.19. The SMILES string of the molecule is CCN(C(=O)C(CCN(C)C)NC(=O)OCC1c2ccccc2-c2ccccc21)C(C)CC(=O)O. The Balaban J connectivity index is 1.70. The Labute approximate surface area is 206 Å². The van der Waals surface area contributed by atoms with Crippen LogP contribution >= 0.6 is 0 Å². The summed E-state index contributed by atoms with van der Waals surface area (Å²) >= 11 is 0. The van der Waals surface area contributed by atoms with Crippen molar-refractivity contribution in [3.63, 3.8) is 0 Å². The normalized spacial score (nSPS) is 14.1. The molecule has 2 aromatic rings. The van der Waals surface area contributed by atoms with Gasteiger partial charge in [0.15, 0.2) is 0 Å². The van der Waals surface area contributed by atoms with Crippen molar-refractivity contribution in [1.29, 1.82) is 0 Å². The van der Waals surface area contributed by atoms with Gasteiger partial charge in [0.25, 0.3) is 0 Å². The lowest BCUT2D eigenvalue weighted by Crippen LogP contribution is -2.52. The van der Waals surface area contributed by atoms with E-state index in [9.17, 15) is 14.4 Å². The Hall–Kier alpha value is -3.39. The third kappa shape index (κ3) is 6.39. The van der Waals surface area contributed by atoms with Crippen molar-refractivity contribution in [2.24, 2.45) is 0 Å². The van der Waals surface area contributed by atoms with Crippen LogP contribution in [0.15, 0.2) is 48.5 Å². The molecule has 2 N–H and O–H groups in total. The highest BCUT2D eigenvalue weighted by Crippen LogP contribution is 2.44. The van der Waals surface area contributed by atoms with Crippen molar-refractivity contribution in [1.82, 2.24) is 15.1 Å². The number of fused-ring (bicyclic) bond motifs is 3. The number of aliphatic carboxylic acids is 1. The van der Waals surface area contributed by atoms with Gasteiger partial charge in [0, 0.05) is 18.5 Å². The molecule has 2 aromatic carbocycles. The van der Waals surface area contributed by atoms with E-state index < -0.39 is 24.1 Å². The van der Waals surface area contributed by atoms with E-state index in [0.29, 0.717) is 19.5 Å². The fraction of sp³-hybridized carbons (Fsp3) is 0.444. The number of ether oxygens (including phenoxy) is 1. The summed E-state index contributed by atoms with van der Waals surface area (Å²) in [6.45, 7) is 4.57. The summed E-state index contributed by atoms with van der Waals surface area (Å²) in [4.78, 5) is 40.7. The molecule has 0 heterocycles. The number of rotatable bonds is 11. The van der Waals surface area contributed by atoms with Crippen LogP contribution < -0.4 is 5.32 Å². The van der Waals surface area contributed by atoms with Gasteiger partial charge in [-0.1, -0.05) is 48.5 Å². The van der Waals surface area contributed by atoms with Crippen LogP contribution in [0.1, 0.15) is 43.7 Å². The predicted molar refractivity (Wildman–Crippen MR) is 134 cm³/mol. The summed E-state index contributed by atoms with van der Waals surface area (Å²) in [5, 5.41) is 11.9. The summed E-state index contributed by atoms with van der Waals surface area (Å²) < 4.78 is 5.64. The number of carboxylic acid groups (broad SMARTS) is 1. The molecule has 0 fully saturated rings. The van der Waals surface area contributed by atoms with E-state index in [1.54, 1.807) is 13.8 Å². The second-order valence-electron chi connectivity index (χ2n) is 9.19. The van der Waals surface area contributed by atoms with Gasteiger partial charge in [-0.25, -0.2) is 4.79 Å². The first-order chi connectivity index (χ1) is 16.7. The van der Waals surface area contributed by atoms with E-state index >= 15 is 0 Å². The molecule has 0 aliphatic heterocycles. The van der Waals surface area contributed by atoms with Gasteiger partial charge in [0.05, 0.1) is 6.42 Å². The lowest BCUT2D eigenvalue weighted by Gasteiger charge is -2.31. The van der Waals surface area contributed by atoms with Gasteiger partial charge >= 0.3 is 12.1 Å². The number of carboxylic acids is 1. The number of benzene rings is 2. The largest absolute Gasteiger partial charge is 0.481 e. The van der Waals surface area contributed by atoms with Crippen molar-refractivity contribution in [2.75, 3.05) is 33.8 Å². The maximum Gasteiger partial charge on any atom is 0.407 e. The number of likely N-dealkylation sites (N-methyl/N-ethyl adjacent to an activating group) is 1. The summed E-state index contributed by atoms with van der Waals surface area (Å²) in [7, 11) is 3.78. The molecule has 3 rings (SSSR count). The van der Waals surface area contributed by atoms with Gasteiger partial charge in [-0.3, -0.25) is 9.59 Å². The molecule has 2 amide bonds. The summed E-state index contributed by atoms with van der Waals surface area (Å²) in [5.74, 6) is -1.36. The van der Waals surface area contributed by atoms with Crippen LogP contribution in [0, 0.1) is 0 Å². The summed E-state index contributed by atoms with van der Waals surface area (Å²) in [6.07, 6.45) is -0.442. The Bertz CT molecular complexity index is 1010. The standard InChI is InChI=1S/C27H35N3O5/c1-5-30(18(2)16-25(31)32)26(33)24(14-15-29(3)4)28-27(34)35-17-23-21-12-8-6-10-19(21)20-11-7-9-13-22(20)23/h6-13,18,23-24H,5,14-17H2,1-4H3,(H,28,34)(H,31,32). The van der Waals surface area contributed by atoms with Crippen molar-refractivity contribution in [2.45, 2.75) is 44.7 Å². The minimum atomic E-state index is -0.974. The van der Waals surface area contributed by atoms with Gasteiger partial charge in [0.1, 0.15) is 12.6 Å². The second kappa shape index (κ2) is 11.8. The van der Waals surface area contributed by atoms with Gasteiger partial charge < -0.3 is 25.0 Å². The van der Waals surface area contributed by atoms with Crippen LogP contribution in [0.2, 0.25) is 0 Å². The zero-order valence-corrected chi connectivity index (χ0v) is 20.9. The van der Waals surface area contributed by atoms with Crippen molar-refractivity contribution >= 4 is 18.0 Å². The molecule has 1 aliphatic carbocycles. The molecular weight excluding hydrogens is 446 g/mol. The third-order valence-electron chi connectivity index (χ3n) is 6.42. The molecule has 0 aromatic heterocycles. The number of carbonyl (C=O) groups is 3. The van der Waals surface area contributed by atoms with Crippen molar-refractivity contribution in [3.8, 4) is 11.1 Å². The highest BCUT2D eigenvalue weighted by Gasteiger charge is 2.31. The number of amides is 2. The predicted octanol–water partition coefficient (Wildman–Crippen LogP) is 3.56. The lowest BCUT2D eigenvalue weighted by atomic mass is 9.98. The van der Waals surface area contributed by atoms with Crippen LogP contribution in [-0.2, 0) is 14.3 Å². The van der Waals surface area contributed by atoms with E-state index in [2.05, 4.69) is 17.4 Å². The average Bonchev–Trinajstić information content (AvgIpc) is 3.14. The minimum absolute atomic E-state index is 0.0770. The fourth-order valence-corrected chi connectivity index (χ4v) is 4.67. The monoisotopic (exact) mass is 481 g/mol. The maximum atomic E-state index is 13.3. The molecule has 0 radical (unpaired) electrons. The Morgan fingerprint density at radius 3 is 2.11 bits per heavy atom. The lowest BCUT2D eigenvalue weighted by molar-refractivity contribution is -0.141. The Kier molecular flexibility index (Phi) is 8.87. The zero-order valence-electron chi connectivity index (χ0n) is 20.9. The van der Waals surface area contributed by atoms with E-state index in [1.807, 2.05) is 55.4 Å². The zero-order chi connectivity index (χ0) is 25.5. The quantitative estimate of drug-likeness (QED) is 0.509. The number of nitrogens with zero attached hydrogens (tertiary/aromatic N) is 2. The van der Waals surface area contributed by atoms with Crippen LogP contribution in [-0.4, -0.2) is 78.8 Å². The topological polar surface area (TPSA) is 99.2 Å². The molecule has 0 saturated heterocycles. The number of hydrogen-bond acceptors (Lipinski definition) is 5. The third-order valence-corrected chi connectivity index (χ3v) is 6.42. The number of carbonyl (C=O) groups excluding carboxylic acids is 2. The molecule has 0 spiro atoms. The van der Waals surface area contributed by atoms with Gasteiger partial charge in [0.2, 0.25) is 5.91 Å². The molecule has 1 aliphatic rings. The van der Waals surface area contributed by atoms with Crippen LogP contribution in [0.4, 0.5) is 4.79 Å². The Morgan fingerprint density at radius 1 is 1.03 bits per heavy atom. The molecular formula is C27H35N3O5. The highest BCUT2D eigenvalue weighted by molar-refractivity contribution is 5.86. The first-order valence-electron chi connectivity index (χ1n) is 12.0. The Morgan fingerprint density at radius 2 is 1.60 bits per heavy atom.